The number of morpholine rings is 1. The molecule has 1 unspecified atom stereocenters. The number of halogens is 1. The van der Waals surface area contributed by atoms with Crippen molar-refractivity contribution in [3.05, 3.63) is 64.5 Å². The minimum Gasteiger partial charge on any atom is -0.501 e. The number of hydrogen-bond donors (Lipinski definition) is 1. The van der Waals surface area contributed by atoms with Gasteiger partial charge in [0.1, 0.15) is 23.9 Å². The Morgan fingerprint density at radius 3 is 2.45 bits per heavy atom. The molecule has 1 saturated heterocycles. The second kappa shape index (κ2) is 13.4. The first kappa shape index (κ1) is 33.3. The van der Waals surface area contributed by atoms with Gasteiger partial charge in [-0.15, -0.1) is 0 Å². The molecule has 3 rings (SSSR count). The Morgan fingerprint density at radius 2 is 1.86 bits per heavy atom. The lowest BCUT2D eigenvalue weighted by atomic mass is 9.60. The van der Waals surface area contributed by atoms with Crippen molar-refractivity contribution in [3.8, 4) is 5.75 Å². The lowest BCUT2D eigenvalue weighted by Gasteiger charge is -2.47. The average molecular weight is 579 g/mol. The predicted molar refractivity (Wildman–Crippen MR) is 166 cm³/mol. The van der Waals surface area contributed by atoms with Crippen molar-refractivity contribution < 1.29 is 28.2 Å². The highest BCUT2D eigenvalue weighted by atomic mass is 19.1. The summed E-state index contributed by atoms with van der Waals surface area (Å²) in [5.74, 6) is -0.241. The minimum absolute atomic E-state index is 0.0870. The molecule has 42 heavy (non-hydrogen) atoms. The van der Waals surface area contributed by atoms with Gasteiger partial charge in [-0.05, 0) is 70.4 Å². The van der Waals surface area contributed by atoms with Crippen LogP contribution in [0.15, 0.2) is 36.4 Å². The summed E-state index contributed by atoms with van der Waals surface area (Å²) in [7, 11) is 5.13. The van der Waals surface area contributed by atoms with Crippen molar-refractivity contribution in [1.29, 1.82) is 0 Å². The van der Waals surface area contributed by atoms with Gasteiger partial charge in [-0.25, -0.2) is 4.39 Å². The molecule has 0 saturated carbocycles. The lowest BCUT2D eigenvalue weighted by molar-refractivity contribution is -0.182. The Kier molecular flexibility index (Phi) is 10.7. The lowest BCUT2D eigenvalue weighted by Crippen LogP contribution is -2.56. The third-order valence-corrected chi connectivity index (χ3v) is 7.56. The summed E-state index contributed by atoms with van der Waals surface area (Å²) >= 11 is 0. The molecule has 0 radical (unpaired) electrons. The molecular formula is C31H44B2FN3O5. The second-order valence-electron chi connectivity index (χ2n) is 12.9. The molecule has 2 amide bonds. The fourth-order valence-corrected chi connectivity index (χ4v) is 5.99. The van der Waals surface area contributed by atoms with E-state index in [1.165, 1.54) is 18.0 Å². The monoisotopic (exact) mass is 579 g/mol. The number of rotatable bonds is 13. The summed E-state index contributed by atoms with van der Waals surface area (Å²) in [6, 6.07) is 9.85. The van der Waals surface area contributed by atoms with Gasteiger partial charge in [0.2, 0.25) is 12.3 Å². The Morgan fingerprint density at radius 1 is 1.19 bits per heavy atom. The number of ether oxygens (including phenoxy) is 2. The minimum atomic E-state index is -1.06. The molecule has 1 N–H and O–H groups in total. The van der Waals surface area contributed by atoms with Gasteiger partial charge in [0.25, 0.3) is 0 Å². The van der Waals surface area contributed by atoms with E-state index >= 15 is 4.39 Å². The number of carbonyl (C=O) groups is 3. The van der Waals surface area contributed by atoms with Gasteiger partial charge in [0.15, 0.2) is 15.7 Å². The van der Waals surface area contributed by atoms with Crippen LogP contribution in [0.4, 0.5) is 4.39 Å². The first-order valence-corrected chi connectivity index (χ1v) is 14.5. The third kappa shape index (κ3) is 8.44. The molecule has 2 aromatic carbocycles. The van der Waals surface area contributed by atoms with Gasteiger partial charge < -0.3 is 24.5 Å². The number of amides is 2. The highest BCUT2D eigenvalue weighted by Gasteiger charge is 2.38. The Hall–Kier alpha value is -3.17. The quantitative estimate of drug-likeness (QED) is 0.289. The highest BCUT2D eigenvalue weighted by molar-refractivity contribution is 6.39. The predicted octanol–water partition coefficient (Wildman–Crippen LogP) is 2.03. The van der Waals surface area contributed by atoms with Gasteiger partial charge in [-0.1, -0.05) is 18.2 Å². The summed E-state index contributed by atoms with van der Waals surface area (Å²) in [5.41, 5.74) is 2.35. The summed E-state index contributed by atoms with van der Waals surface area (Å²) in [6.45, 7) is 12.5. The van der Waals surface area contributed by atoms with Gasteiger partial charge in [-0.2, -0.15) is 0 Å². The zero-order valence-corrected chi connectivity index (χ0v) is 26.3. The third-order valence-electron chi connectivity index (χ3n) is 7.56. The van der Waals surface area contributed by atoms with Gasteiger partial charge >= 0.3 is 0 Å². The maximum Gasteiger partial charge on any atom is 0.242 e. The molecule has 11 heteroatoms. The Bertz CT molecular complexity index is 1270. The molecule has 0 aromatic heterocycles. The Labute approximate surface area is 251 Å². The van der Waals surface area contributed by atoms with Crippen LogP contribution >= 0.6 is 0 Å². The number of nitrogens with one attached hydrogen (secondary N) is 1. The molecule has 1 aliphatic rings. The normalized spacial score (nSPS) is 17.2. The summed E-state index contributed by atoms with van der Waals surface area (Å²) in [5, 5.41) is 1.51. The zero-order chi connectivity index (χ0) is 31.3. The first-order valence-electron chi connectivity index (χ1n) is 14.5. The highest BCUT2D eigenvalue weighted by Crippen LogP contribution is 2.33. The van der Waals surface area contributed by atoms with Crippen molar-refractivity contribution in [2.75, 3.05) is 20.1 Å². The van der Waals surface area contributed by atoms with E-state index in [1.54, 1.807) is 6.07 Å². The molecule has 0 bridgehead atoms. The van der Waals surface area contributed by atoms with Crippen LogP contribution in [0.5, 0.6) is 5.75 Å². The summed E-state index contributed by atoms with van der Waals surface area (Å²) in [6.07, 6.45) is 1.68. The van der Waals surface area contributed by atoms with Crippen LogP contribution in [-0.2, 0) is 37.6 Å². The van der Waals surface area contributed by atoms with Crippen LogP contribution in [-0.4, -0.2) is 81.5 Å². The molecule has 1 atom stereocenters. The van der Waals surface area contributed by atoms with Crippen LogP contribution in [0.3, 0.4) is 0 Å². The standard InChI is InChI=1S/C31H44B2FN3O5/c1-21-9-7-11-27(23(21)17-37(20-39)26(10-8-14-38)28(40)35-6)41-31(32,33)24-15-22(12-13-25(24)34)16-36-18-29(2,3)42-30(4,5)19-36/h7,9,11-15,20,26H,8,10,16-19,32-33H2,1-6H3,(H,35,40). The van der Waals surface area contributed by atoms with Gasteiger partial charge in [0.05, 0.1) is 23.1 Å². The number of aldehydes is 1. The molecule has 226 valence electrons. The maximum atomic E-state index is 15.3. The van der Waals surface area contributed by atoms with E-state index in [2.05, 4.69) is 37.9 Å². The van der Waals surface area contributed by atoms with Crippen LogP contribution < -0.4 is 10.1 Å². The molecule has 1 fully saturated rings. The smallest absolute Gasteiger partial charge is 0.242 e. The summed E-state index contributed by atoms with van der Waals surface area (Å²) in [4.78, 5) is 39.4. The van der Waals surface area contributed by atoms with Crippen LogP contribution in [0.2, 0.25) is 0 Å². The number of benzene rings is 2. The van der Waals surface area contributed by atoms with Crippen molar-refractivity contribution in [2.45, 2.75) is 83.2 Å². The van der Waals surface area contributed by atoms with E-state index in [0.717, 1.165) is 30.5 Å². The number of likely N-dealkylation sites (N-methyl/N-ethyl adjacent to an activating group) is 1. The van der Waals surface area contributed by atoms with E-state index in [9.17, 15) is 14.4 Å². The second-order valence-corrected chi connectivity index (χ2v) is 12.9. The molecular weight excluding hydrogens is 535 g/mol. The van der Waals surface area contributed by atoms with Crippen molar-refractivity contribution in [3.63, 3.8) is 0 Å². The zero-order valence-electron chi connectivity index (χ0n) is 26.3. The molecule has 2 aromatic rings. The maximum absolute atomic E-state index is 15.3. The number of aryl methyl sites for hydroxylation is 1. The molecule has 1 aliphatic heterocycles. The fraction of sp³-hybridized carbons (Fsp3) is 0.516. The van der Waals surface area contributed by atoms with E-state index in [0.29, 0.717) is 29.8 Å². The first-order chi connectivity index (χ1) is 19.6. The SMILES string of the molecule is BC(B)(Oc1cccc(C)c1CN(C=O)C(CCC=O)C(=O)NC)c1cc(CN2CC(C)(C)OC(C)(C)C2)ccc1F. The number of nitrogens with zero attached hydrogens (tertiary/aromatic N) is 2. The number of hydrogen-bond acceptors (Lipinski definition) is 6. The van der Waals surface area contributed by atoms with Crippen LogP contribution in [0, 0.1) is 12.7 Å². The Balaban J connectivity index is 1.89. The van der Waals surface area contributed by atoms with Gasteiger partial charge in [-0.3, -0.25) is 14.5 Å². The summed E-state index contributed by atoms with van der Waals surface area (Å²) < 4.78 is 28.1. The molecule has 0 spiro atoms. The largest absolute Gasteiger partial charge is 0.501 e. The van der Waals surface area contributed by atoms with E-state index in [1.807, 2.05) is 46.9 Å². The molecule has 0 aliphatic carbocycles. The fourth-order valence-electron chi connectivity index (χ4n) is 5.99. The molecule has 1 heterocycles. The van der Waals surface area contributed by atoms with Crippen LogP contribution in [0.1, 0.15) is 62.8 Å². The van der Waals surface area contributed by atoms with E-state index in [4.69, 9.17) is 9.47 Å². The van der Waals surface area contributed by atoms with E-state index < -0.39 is 11.4 Å². The molecule has 8 nitrogen and oxygen atoms in total. The van der Waals surface area contributed by atoms with E-state index in [-0.39, 0.29) is 42.3 Å². The van der Waals surface area contributed by atoms with Gasteiger partial charge in [0, 0.05) is 44.2 Å². The van der Waals surface area contributed by atoms with Crippen LogP contribution in [0.25, 0.3) is 0 Å². The van der Waals surface area contributed by atoms with Crippen molar-refractivity contribution in [2.24, 2.45) is 0 Å². The van der Waals surface area contributed by atoms with Crippen molar-refractivity contribution in [1.82, 2.24) is 15.1 Å². The average Bonchev–Trinajstić information content (AvgIpc) is 2.88. The topological polar surface area (TPSA) is 88.2 Å². The number of carbonyl (C=O) groups excluding carboxylic acids is 3. The van der Waals surface area contributed by atoms with Crippen molar-refractivity contribution >= 4 is 34.3 Å².